The minimum Gasteiger partial charge on any atom is -0.434 e. The van der Waals surface area contributed by atoms with Gasteiger partial charge in [-0.1, -0.05) is 39.0 Å². The van der Waals surface area contributed by atoms with Gasteiger partial charge in [0, 0.05) is 48.2 Å². The first-order chi connectivity index (χ1) is 23.2. The number of para-hydroxylation sites is 1. The van der Waals surface area contributed by atoms with Gasteiger partial charge in [-0.3, -0.25) is 19.5 Å². The number of ether oxygens (including phenoxy) is 3. The van der Waals surface area contributed by atoms with Crippen molar-refractivity contribution in [3.8, 4) is 6.07 Å². The summed E-state index contributed by atoms with van der Waals surface area (Å²) in [6.45, 7) is 13.0. The van der Waals surface area contributed by atoms with Crippen LogP contribution in [0.3, 0.4) is 0 Å². The number of nitriles is 1. The summed E-state index contributed by atoms with van der Waals surface area (Å²) in [7, 11) is -1.66. The van der Waals surface area contributed by atoms with Gasteiger partial charge in [-0.25, -0.2) is 14.3 Å². The van der Waals surface area contributed by atoms with E-state index in [9.17, 15) is 24.5 Å². The quantitative estimate of drug-likeness (QED) is 0.0697. The number of nitrogens with one attached hydrogen (secondary N) is 1. The number of nitro benzene ring substituents is 1. The molecule has 49 heavy (non-hydrogen) atoms. The Hall–Kier alpha value is -4.00. The van der Waals surface area contributed by atoms with Crippen molar-refractivity contribution in [2.45, 2.75) is 97.7 Å². The molecule has 1 fully saturated rings. The first kappa shape index (κ1) is 39.4. The van der Waals surface area contributed by atoms with Crippen LogP contribution in [0.5, 0.6) is 0 Å². The highest BCUT2D eigenvalue weighted by Gasteiger charge is 2.41. The van der Waals surface area contributed by atoms with Crippen LogP contribution in [-0.4, -0.2) is 75.3 Å². The number of carbonyl (C=O) groups excluding carboxylic acids is 2. The van der Waals surface area contributed by atoms with E-state index in [-0.39, 0.29) is 68.1 Å². The molecule has 2 heterocycles. The maximum absolute atomic E-state index is 13.0. The zero-order valence-corrected chi connectivity index (χ0v) is 29.7. The Bertz CT molecular complexity index is 1520. The SMILES string of the molecule is CC(C)C(=O)Nc1ccn([C@H]2C[C@H](OC(=O)OCC(C)c3ccccc3[N+](=O)[O-])[C@@H](COP(OCCC#N)N(C(C)C)C(C)C)O2)c(=O)n1. The fourth-order valence-corrected chi connectivity index (χ4v) is 6.70. The minimum atomic E-state index is -1.66. The molecule has 1 N–H and O–H groups in total. The molecule has 2 aromatic rings. The number of anilines is 1. The smallest absolute Gasteiger partial charge is 0.434 e. The molecule has 0 spiro atoms. The van der Waals surface area contributed by atoms with Gasteiger partial charge in [-0.05, 0) is 33.8 Å². The lowest BCUT2D eigenvalue weighted by Gasteiger charge is -2.36. The summed E-state index contributed by atoms with van der Waals surface area (Å²) in [6.07, 6.45) is -2.12. The largest absolute Gasteiger partial charge is 0.508 e. The van der Waals surface area contributed by atoms with E-state index < -0.39 is 49.6 Å². The van der Waals surface area contributed by atoms with Crippen molar-refractivity contribution < 1.29 is 37.8 Å². The molecular weight excluding hydrogens is 659 g/mol. The second kappa shape index (κ2) is 18.7. The number of carbonyl (C=O) groups is 2. The maximum Gasteiger partial charge on any atom is 0.508 e. The first-order valence-corrected chi connectivity index (χ1v) is 17.2. The summed E-state index contributed by atoms with van der Waals surface area (Å²) in [4.78, 5) is 53.0. The van der Waals surface area contributed by atoms with Crippen LogP contribution in [0.2, 0.25) is 0 Å². The van der Waals surface area contributed by atoms with Crippen LogP contribution in [0.1, 0.15) is 79.0 Å². The number of hydrogen-bond acceptors (Lipinski definition) is 13. The summed E-state index contributed by atoms with van der Waals surface area (Å²) in [5, 5.41) is 23.1. The molecule has 16 nitrogen and oxygen atoms in total. The van der Waals surface area contributed by atoms with Crippen LogP contribution >= 0.6 is 8.53 Å². The van der Waals surface area contributed by atoms with E-state index in [1.165, 1.54) is 22.9 Å². The lowest BCUT2D eigenvalue weighted by Crippen LogP contribution is -2.36. The topological polar surface area (TPSA) is 197 Å². The van der Waals surface area contributed by atoms with E-state index in [1.807, 2.05) is 32.4 Å². The van der Waals surface area contributed by atoms with Crippen molar-refractivity contribution in [3.63, 3.8) is 0 Å². The third-order valence-electron chi connectivity index (χ3n) is 7.47. The molecule has 5 atom stereocenters. The number of benzene rings is 1. The Morgan fingerprint density at radius 2 is 1.86 bits per heavy atom. The van der Waals surface area contributed by atoms with Crippen LogP contribution in [0.4, 0.5) is 16.3 Å². The second-order valence-corrected chi connectivity index (χ2v) is 13.7. The van der Waals surface area contributed by atoms with Crippen molar-refractivity contribution in [1.82, 2.24) is 14.2 Å². The summed E-state index contributed by atoms with van der Waals surface area (Å²) in [5.74, 6) is -1.03. The number of nitro groups is 1. The van der Waals surface area contributed by atoms with Crippen molar-refractivity contribution in [2.24, 2.45) is 5.92 Å². The number of hydrogen-bond donors (Lipinski definition) is 1. The number of aromatic nitrogens is 2. The summed E-state index contributed by atoms with van der Waals surface area (Å²) < 4.78 is 32.7. The molecule has 0 aliphatic carbocycles. The molecule has 3 rings (SSSR count). The summed E-state index contributed by atoms with van der Waals surface area (Å²) >= 11 is 0. The van der Waals surface area contributed by atoms with Gasteiger partial charge in [0.15, 0.2) is 0 Å². The summed E-state index contributed by atoms with van der Waals surface area (Å²) in [6, 6.07) is 9.79. The zero-order valence-electron chi connectivity index (χ0n) is 28.8. The zero-order chi connectivity index (χ0) is 36.2. The fraction of sp³-hybridized carbons (Fsp3) is 0.594. The highest BCUT2D eigenvalue weighted by molar-refractivity contribution is 7.44. The van der Waals surface area contributed by atoms with E-state index >= 15 is 0 Å². The molecule has 1 aliphatic heterocycles. The molecule has 1 amide bonds. The molecule has 268 valence electrons. The lowest BCUT2D eigenvalue weighted by atomic mass is 10.0. The van der Waals surface area contributed by atoms with Crippen LogP contribution in [0.25, 0.3) is 0 Å². The molecule has 0 radical (unpaired) electrons. The normalized spacial score (nSPS) is 18.8. The van der Waals surface area contributed by atoms with Crippen molar-refractivity contribution >= 4 is 32.1 Å². The lowest BCUT2D eigenvalue weighted by molar-refractivity contribution is -0.385. The van der Waals surface area contributed by atoms with Gasteiger partial charge >= 0.3 is 11.8 Å². The average Bonchev–Trinajstić information content (AvgIpc) is 3.43. The van der Waals surface area contributed by atoms with Gasteiger partial charge < -0.3 is 28.6 Å². The van der Waals surface area contributed by atoms with E-state index in [0.29, 0.717) is 5.56 Å². The molecule has 1 aromatic heterocycles. The predicted molar refractivity (Wildman–Crippen MR) is 179 cm³/mol. The van der Waals surface area contributed by atoms with E-state index in [2.05, 4.69) is 16.4 Å². The van der Waals surface area contributed by atoms with Crippen molar-refractivity contribution in [2.75, 3.05) is 25.1 Å². The van der Waals surface area contributed by atoms with Gasteiger partial charge in [0.05, 0.1) is 30.6 Å². The minimum absolute atomic E-state index is 0.0351. The molecule has 1 aromatic carbocycles. The standard InChI is InChI=1S/C32H45N6O10P/c1-20(2)30(39)34-28-13-15-36(31(40)35-28)29-17-26(48-32(41)44-18-23(7)24-11-8-9-12-25(24)38(42)43)27(47-29)19-46-49(45-16-10-14-33)37(21(3)4)22(5)6/h8-9,11-13,15,20-23,26-27,29H,10,16-19H2,1-7H3,(H,34,35,39,40)/t23?,26-,27+,29+,49?/m0/s1. The number of nitrogens with zero attached hydrogens (tertiary/aromatic N) is 5. The predicted octanol–water partition coefficient (Wildman–Crippen LogP) is 5.65. The monoisotopic (exact) mass is 704 g/mol. The third-order valence-corrected chi connectivity index (χ3v) is 9.55. The Kier molecular flexibility index (Phi) is 15.0. The van der Waals surface area contributed by atoms with Crippen LogP contribution in [0.15, 0.2) is 41.3 Å². The Morgan fingerprint density at radius 3 is 2.47 bits per heavy atom. The van der Waals surface area contributed by atoms with E-state index in [0.717, 1.165) is 0 Å². The Balaban J connectivity index is 1.80. The molecule has 0 saturated carbocycles. The second-order valence-electron chi connectivity index (χ2n) is 12.3. The van der Waals surface area contributed by atoms with E-state index in [1.54, 1.807) is 39.0 Å². The molecular formula is C32H45N6O10P. The van der Waals surface area contributed by atoms with Crippen LogP contribution in [0, 0.1) is 27.4 Å². The maximum atomic E-state index is 13.0. The number of rotatable bonds is 17. The van der Waals surface area contributed by atoms with E-state index in [4.69, 9.17) is 28.5 Å². The van der Waals surface area contributed by atoms with Crippen LogP contribution < -0.4 is 11.0 Å². The van der Waals surface area contributed by atoms with Crippen molar-refractivity contribution in [1.29, 1.82) is 5.26 Å². The van der Waals surface area contributed by atoms with Crippen LogP contribution in [-0.2, 0) is 28.1 Å². The molecule has 0 bridgehead atoms. The third kappa shape index (κ3) is 11.3. The molecule has 17 heteroatoms. The number of amides is 1. The first-order valence-electron chi connectivity index (χ1n) is 16.1. The van der Waals surface area contributed by atoms with Gasteiger partial charge in [-0.15, -0.1) is 0 Å². The van der Waals surface area contributed by atoms with Gasteiger partial charge in [0.2, 0.25) is 5.91 Å². The highest BCUT2D eigenvalue weighted by atomic mass is 31.2. The van der Waals surface area contributed by atoms with Gasteiger partial charge in [0.1, 0.15) is 30.9 Å². The summed E-state index contributed by atoms with van der Waals surface area (Å²) in [5.41, 5.74) is -0.378. The Morgan fingerprint density at radius 1 is 1.16 bits per heavy atom. The average molecular weight is 705 g/mol. The van der Waals surface area contributed by atoms with Gasteiger partial charge in [0.25, 0.3) is 14.2 Å². The Labute approximate surface area is 286 Å². The highest BCUT2D eigenvalue weighted by Crippen LogP contribution is 2.47. The molecule has 1 saturated heterocycles. The van der Waals surface area contributed by atoms with Gasteiger partial charge in [-0.2, -0.15) is 10.2 Å². The molecule has 2 unspecified atom stereocenters. The fourth-order valence-electron chi connectivity index (χ4n) is 5.08. The molecule has 1 aliphatic rings. The van der Waals surface area contributed by atoms with Crippen molar-refractivity contribution in [3.05, 3.63) is 62.7 Å².